The maximum atomic E-state index is 12.0. The number of Topliss-reactive ketones (excluding diaryl/α,β-unsaturated/α-hetero) is 1. The van der Waals surface area contributed by atoms with E-state index in [1.807, 2.05) is 41.2 Å². The van der Waals surface area contributed by atoms with Crippen LogP contribution in [0.2, 0.25) is 0 Å². The van der Waals surface area contributed by atoms with Crippen molar-refractivity contribution in [3.8, 4) is 5.69 Å². The molecule has 0 aliphatic rings. The first-order valence-electron chi connectivity index (χ1n) is 7.84. The molecule has 2 N–H and O–H groups in total. The highest BCUT2D eigenvalue weighted by atomic mass is 16.2. The molecule has 0 unspecified atom stereocenters. The molecular formula is C18H21N3O3. The Morgan fingerprint density at radius 3 is 2.17 bits per heavy atom. The number of carbonyl (C=O) groups excluding carboxylic acids is 3. The van der Waals surface area contributed by atoms with E-state index in [1.54, 1.807) is 12.1 Å². The van der Waals surface area contributed by atoms with Gasteiger partial charge in [0.1, 0.15) is 5.78 Å². The maximum absolute atomic E-state index is 12.0. The number of amides is 2. The van der Waals surface area contributed by atoms with Crippen LogP contribution in [-0.2, 0) is 9.59 Å². The van der Waals surface area contributed by atoms with Gasteiger partial charge in [0.2, 0.25) is 5.91 Å². The van der Waals surface area contributed by atoms with Crippen molar-refractivity contribution in [2.24, 2.45) is 0 Å². The summed E-state index contributed by atoms with van der Waals surface area (Å²) < 4.78 is 1.96. The fourth-order valence-electron chi connectivity index (χ4n) is 2.15. The topological polar surface area (TPSA) is 80.2 Å². The van der Waals surface area contributed by atoms with Crippen molar-refractivity contribution in [2.45, 2.75) is 19.8 Å². The average Bonchev–Trinajstić information content (AvgIpc) is 3.11. The Kier molecular flexibility index (Phi) is 6.31. The summed E-state index contributed by atoms with van der Waals surface area (Å²) in [5, 5.41) is 5.41. The Balaban J connectivity index is 1.73. The van der Waals surface area contributed by atoms with E-state index in [-0.39, 0.29) is 30.4 Å². The van der Waals surface area contributed by atoms with Crippen LogP contribution in [0.15, 0.2) is 48.8 Å². The van der Waals surface area contributed by atoms with Gasteiger partial charge in [-0.3, -0.25) is 9.59 Å². The van der Waals surface area contributed by atoms with Crippen molar-refractivity contribution in [3.05, 3.63) is 54.4 Å². The van der Waals surface area contributed by atoms with Gasteiger partial charge in [0, 0.05) is 49.6 Å². The molecule has 0 saturated heterocycles. The number of nitrogens with zero attached hydrogens (tertiary/aromatic N) is 1. The van der Waals surface area contributed by atoms with Crippen LogP contribution in [0.4, 0.5) is 0 Å². The molecule has 1 aromatic carbocycles. The number of rotatable bonds is 8. The molecule has 1 heterocycles. The predicted molar refractivity (Wildman–Crippen MR) is 91.0 cm³/mol. The lowest BCUT2D eigenvalue weighted by atomic mass is 10.2. The third-order valence-electron chi connectivity index (χ3n) is 3.47. The van der Waals surface area contributed by atoms with Crippen molar-refractivity contribution in [2.75, 3.05) is 13.1 Å². The summed E-state index contributed by atoms with van der Waals surface area (Å²) in [6.07, 6.45) is 4.30. The molecular weight excluding hydrogens is 306 g/mol. The highest BCUT2D eigenvalue weighted by Gasteiger charge is 2.06. The largest absolute Gasteiger partial charge is 0.354 e. The van der Waals surface area contributed by atoms with E-state index >= 15 is 0 Å². The number of carbonyl (C=O) groups is 3. The molecule has 2 amide bonds. The Hall–Kier alpha value is -2.89. The lowest BCUT2D eigenvalue weighted by Crippen LogP contribution is -2.34. The van der Waals surface area contributed by atoms with Crippen molar-refractivity contribution in [1.29, 1.82) is 0 Å². The van der Waals surface area contributed by atoms with E-state index in [1.165, 1.54) is 6.92 Å². The molecule has 1 aromatic heterocycles. The molecule has 6 heteroatoms. The van der Waals surface area contributed by atoms with Crippen LogP contribution in [0.25, 0.3) is 5.69 Å². The summed E-state index contributed by atoms with van der Waals surface area (Å²) in [5.41, 5.74) is 1.54. The molecule has 6 nitrogen and oxygen atoms in total. The Bertz CT molecular complexity index is 691. The van der Waals surface area contributed by atoms with Crippen LogP contribution in [-0.4, -0.2) is 35.3 Å². The summed E-state index contributed by atoms with van der Waals surface area (Å²) in [5.74, 6) is -0.385. The summed E-state index contributed by atoms with van der Waals surface area (Å²) in [7, 11) is 0. The Morgan fingerprint density at radius 1 is 0.917 bits per heavy atom. The zero-order valence-electron chi connectivity index (χ0n) is 13.6. The van der Waals surface area contributed by atoms with Crippen LogP contribution in [0.1, 0.15) is 30.1 Å². The Labute approximate surface area is 140 Å². The molecule has 0 radical (unpaired) electrons. The average molecular weight is 327 g/mol. The van der Waals surface area contributed by atoms with Gasteiger partial charge in [-0.05, 0) is 43.3 Å². The number of hydrogen-bond acceptors (Lipinski definition) is 3. The maximum Gasteiger partial charge on any atom is 0.251 e. The zero-order valence-corrected chi connectivity index (χ0v) is 13.6. The SMILES string of the molecule is CC(=O)CCC(=O)NCCNC(=O)c1ccc(-n2cccc2)cc1. The minimum Gasteiger partial charge on any atom is -0.354 e. The number of hydrogen-bond donors (Lipinski definition) is 2. The van der Waals surface area contributed by atoms with E-state index < -0.39 is 0 Å². The lowest BCUT2D eigenvalue weighted by Gasteiger charge is -2.08. The van der Waals surface area contributed by atoms with E-state index in [0.29, 0.717) is 18.7 Å². The van der Waals surface area contributed by atoms with Gasteiger partial charge in [0.05, 0.1) is 0 Å². The van der Waals surface area contributed by atoms with Gasteiger partial charge in [-0.15, -0.1) is 0 Å². The van der Waals surface area contributed by atoms with Crippen molar-refractivity contribution in [3.63, 3.8) is 0 Å². The first-order chi connectivity index (χ1) is 11.6. The quantitative estimate of drug-likeness (QED) is 0.724. The summed E-state index contributed by atoms with van der Waals surface area (Å²) in [6.45, 7) is 2.13. The summed E-state index contributed by atoms with van der Waals surface area (Å²) in [4.78, 5) is 34.2. The van der Waals surface area contributed by atoms with E-state index in [4.69, 9.17) is 0 Å². The first-order valence-corrected chi connectivity index (χ1v) is 7.84. The van der Waals surface area contributed by atoms with Crippen LogP contribution >= 0.6 is 0 Å². The van der Waals surface area contributed by atoms with E-state index in [9.17, 15) is 14.4 Å². The third-order valence-corrected chi connectivity index (χ3v) is 3.47. The minimum absolute atomic E-state index is 0.0122. The van der Waals surface area contributed by atoms with Gasteiger partial charge in [-0.1, -0.05) is 0 Å². The smallest absolute Gasteiger partial charge is 0.251 e. The van der Waals surface area contributed by atoms with E-state index in [2.05, 4.69) is 10.6 Å². The number of aromatic nitrogens is 1. The predicted octanol–water partition coefficient (Wildman–Crippen LogP) is 1.69. The summed E-state index contributed by atoms with van der Waals surface area (Å²) in [6, 6.07) is 11.1. The molecule has 2 rings (SSSR count). The van der Waals surface area contributed by atoms with Gasteiger partial charge < -0.3 is 20.0 Å². The van der Waals surface area contributed by atoms with Crippen LogP contribution in [0, 0.1) is 0 Å². The molecule has 0 fully saturated rings. The number of benzene rings is 1. The second-order valence-electron chi connectivity index (χ2n) is 5.45. The lowest BCUT2D eigenvalue weighted by molar-refractivity contribution is -0.124. The normalized spacial score (nSPS) is 10.2. The third kappa shape index (κ3) is 5.39. The highest BCUT2D eigenvalue weighted by molar-refractivity contribution is 5.94. The molecule has 0 atom stereocenters. The second kappa shape index (κ2) is 8.67. The van der Waals surface area contributed by atoms with Gasteiger partial charge >= 0.3 is 0 Å². The molecule has 24 heavy (non-hydrogen) atoms. The van der Waals surface area contributed by atoms with Gasteiger partial charge in [-0.25, -0.2) is 0 Å². The second-order valence-corrected chi connectivity index (χ2v) is 5.45. The van der Waals surface area contributed by atoms with Gasteiger partial charge in [0.25, 0.3) is 5.91 Å². The molecule has 2 aromatic rings. The van der Waals surface area contributed by atoms with Crippen molar-refractivity contribution < 1.29 is 14.4 Å². The molecule has 0 spiro atoms. The van der Waals surface area contributed by atoms with Crippen LogP contribution in [0.5, 0.6) is 0 Å². The number of nitrogens with one attached hydrogen (secondary N) is 2. The summed E-state index contributed by atoms with van der Waals surface area (Å²) >= 11 is 0. The Morgan fingerprint density at radius 2 is 1.54 bits per heavy atom. The molecule has 0 aliphatic heterocycles. The van der Waals surface area contributed by atoms with Crippen LogP contribution < -0.4 is 10.6 Å². The van der Waals surface area contributed by atoms with Gasteiger partial charge in [-0.2, -0.15) is 0 Å². The highest BCUT2D eigenvalue weighted by Crippen LogP contribution is 2.09. The first kappa shape index (κ1) is 17.5. The fraction of sp³-hybridized carbons (Fsp3) is 0.278. The zero-order chi connectivity index (χ0) is 17.4. The number of ketones is 1. The minimum atomic E-state index is -0.188. The fourth-order valence-corrected chi connectivity index (χ4v) is 2.15. The standard InChI is InChI=1S/C18H21N3O3/c1-14(22)4-9-17(23)19-10-11-20-18(24)15-5-7-16(8-6-15)21-12-2-3-13-21/h2-3,5-8,12-13H,4,9-11H2,1H3,(H,19,23)(H,20,24). The molecule has 0 aliphatic carbocycles. The van der Waals surface area contributed by atoms with Gasteiger partial charge in [0.15, 0.2) is 0 Å². The van der Waals surface area contributed by atoms with E-state index in [0.717, 1.165) is 5.69 Å². The van der Waals surface area contributed by atoms with Crippen molar-refractivity contribution >= 4 is 17.6 Å². The monoisotopic (exact) mass is 327 g/mol. The molecule has 0 saturated carbocycles. The van der Waals surface area contributed by atoms with Crippen molar-refractivity contribution in [1.82, 2.24) is 15.2 Å². The van der Waals surface area contributed by atoms with Crippen LogP contribution in [0.3, 0.4) is 0 Å². The molecule has 0 bridgehead atoms. The molecule has 126 valence electrons.